The molecule has 1 aromatic heterocycles. The Balaban J connectivity index is 1.87. The minimum absolute atomic E-state index is 0.287. The van der Waals surface area contributed by atoms with Crippen LogP contribution in [0.5, 0.6) is 0 Å². The molecule has 0 radical (unpaired) electrons. The van der Waals surface area contributed by atoms with Crippen molar-refractivity contribution in [2.24, 2.45) is 10.9 Å². The van der Waals surface area contributed by atoms with Crippen LogP contribution in [0.4, 0.5) is 23.4 Å². The van der Waals surface area contributed by atoms with E-state index in [0.717, 1.165) is 0 Å². The fourth-order valence-electron chi connectivity index (χ4n) is 3.38. The summed E-state index contributed by atoms with van der Waals surface area (Å²) >= 11 is 1.28. The number of anilines is 1. The molecule has 0 aliphatic heterocycles. The van der Waals surface area contributed by atoms with Crippen LogP contribution in [0.1, 0.15) is 42.9 Å². The fraction of sp³-hybridized carbons (Fsp3) is 0.688. The zero-order valence-electron chi connectivity index (χ0n) is 14.7. The molecule has 2 fully saturated rings. The zero-order chi connectivity index (χ0) is 19.3. The normalized spacial score (nSPS) is 22.7. The van der Waals surface area contributed by atoms with Crippen LogP contribution in [0, 0.1) is 12.8 Å². The summed E-state index contributed by atoms with van der Waals surface area (Å²) in [6.07, 6.45) is 0.237. The molecular formula is C16H20F4N4OS. The van der Waals surface area contributed by atoms with Gasteiger partial charge in [-0.15, -0.1) is 0 Å². The number of aromatic nitrogens is 2. The molecule has 1 aromatic rings. The van der Waals surface area contributed by atoms with E-state index in [1.54, 1.807) is 20.2 Å². The first-order valence-corrected chi connectivity index (χ1v) is 9.46. The molecule has 0 unspecified atom stereocenters. The highest BCUT2D eigenvalue weighted by Gasteiger charge is 2.50. The van der Waals surface area contributed by atoms with Crippen LogP contribution in [0.3, 0.4) is 0 Å². The molecule has 2 saturated carbocycles. The van der Waals surface area contributed by atoms with Gasteiger partial charge in [-0.3, -0.25) is 9.79 Å². The molecule has 10 heteroatoms. The number of alkyl halides is 4. The molecule has 2 aliphatic rings. The molecule has 5 nitrogen and oxygen atoms in total. The van der Waals surface area contributed by atoms with Gasteiger partial charge in [0, 0.05) is 50.1 Å². The molecule has 144 valence electrons. The lowest BCUT2D eigenvalue weighted by Gasteiger charge is -2.34. The standard InChI is InChI=1S/C16H20F4N4OS/c1-8-11(9-4-15(17,18)5-9)23-24(14(21-2)26-3)12(8)22-13(25)10-6-16(19,20)7-10/h9-10H,4-7H2,1-3H3,(H,22,25). The number of thioether (sulfide) groups is 1. The number of hydrogen-bond acceptors (Lipinski definition) is 4. The van der Waals surface area contributed by atoms with E-state index in [1.807, 2.05) is 0 Å². The van der Waals surface area contributed by atoms with Crippen LogP contribution >= 0.6 is 11.8 Å². The maximum absolute atomic E-state index is 13.2. The second-order valence-electron chi connectivity index (χ2n) is 6.89. The number of rotatable bonds is 3. The minimum atomic E-state index is -2.80. The van der Waals surface area contributed by atoms with Gasteiger partial charge in [0.05, 0.1) is 5.69 Å². The number of nitrogens with zero attached hydrogens (tertiary/aromatic N) is 3. The topological polar surface area (TPSA) is 59.3 Å². The van der Waals surface area contributed by atoms with Gasteiger partial charge in [-0.2, -0.15) is 9.78 Å². The van der Waals surface area contributed by atoms with Crippen molar-refractivity contribution in [3.05, 3.63) is 11.3 Å². The summed E-state index contributed by atoms with van der Waals surface area (Å²) in [5.74, 6) is -6.85. The maximum atomic E-state index is 13.2. The molecule has 1 heterocycles. The average Bonchev–Trinajstić information content (AvgIpc) is 2.81. The van der Waals surface area contributed by atoms with Crippen molar-refractivity contribution in [1.82, 2.24) is 9.78 Å². The average molecular weight is 392 g/mol. The van der Waals surface area contributed by atoms with Crippen molar-refractivity contribution in [3.63, 3.8) is 0 Å². The highest BCUT2D eigenvalue weighted by atomic mass is 32.2. The monoisotopic (exact) mass is 392 g/mol. The SMILES string of the molecule is CN=C(SC)n1nc(C2CC(F)(F)C2)c(C)c1NC(=O)C1CC(F)(F)C1. The third kappa shape index (κ3) is 3.47. The maximum Gasteiger partial charge on any atom is 0.249 e. The molecule has 0 bridgehead atoms. The summed E-state index contributed by atoms with van der Waals surface area (Å²) in [5, 5.41) is 7.52. The molecule has 2 aliphatic carbocycles. The molecule has 3 rings (SSSR count). The highest BCUT2D eigenvalue weighted by molar-refractivity contribution is 8.13. The number of amides is 1. The number of halogens is 4. The van der Waals surface area contributed by atoms with Gasteiger partial charge in [0.1, 0.15) is 5.82 Å². The highest BCUT2D eigenvalue weighted by Crippen LogP contribution is 2.49. The molecule has 0 saturated heterocycles. The Morgan fingerprint density at radius 2 is 1.81 bits per heavy atom. The van der Waals surface area contributed by atoms with Crippen LogP contribution < -0.4 is 5.32 Å². The number of carbonyl (C=O) groups is 1. The van der Waals surface area contributed by atoms with Gasteiger partial charge < -0.3 is 5.32 Å². The number of carbonyl (C=O) groups excluding carboxylic acids is 1. The van der Waals surface area contributed by atoms with Crippen LogP contribution in [0.2, 0.25) is 0 Å². The summed E-state index contributed by atoms with van der Waals surface area (Å²) in [6, 6.07) is 0. The van der Waals surface area contributed by atoms with Crippen molar-refractivity contribution >= 4 is 28.7 Å². The Bertz CT molecular complexity index is 746. The molecule has 26 heavy (non-hydrogen) atoms. The summed E-state index contributed by atoms with van der Waals surface area (Å²) in [6.45, 7) is 1.69. The lowest BCUT2D eigenvalue weighted by molar-refractivity contribution is -0.145. The van der Waals surface area contributed by atoms with Gasteiger partial charge in [-0.05, 0) is 13.2 Å². The minimum Gasteiger partial charge on any atom is -0.310 e. The fourth-order valence-corrected chi connectivity index (χ4v) is 3.87. The van der Waals surface area contributed by atoms with Gasteiger partial charge in [0.15, 0.2) is 5.17 Å². The van der Waals surface area contributed by atoms with E-state index in [2.05, 4.69) is 15.4 Å². The van der Waals surface area contributed by atoms with Crippen LogP contribution in [0.25, 0.3) is 0 Å². The van der Waals surface area contributed by atoms with Crippen LogP contribution in [0.15, 0.2) is 4.99 Å². The Labute approximate surface area is 152 Å². The lowest BCUT2D eigenvalue weighted by atomic mass is 9.78. The Morgan fingerprint density at radius 3 is 2.27 bits per heavy atom. The third-order valence-corrected chi connectivity index (χ3v) is 5.61. The smallest absolute Gasteiger partial charge is 0.249 e. The third-order valence-electron chi connectivity index (χ3n) is 4.89. The number of hydrogen-bond donors (Lipinski definition) is 1. The summed E-state index contributed by atoms with van der Waals surface area (Å²) in [4.78, 5) is 16.4. The zero-order valence-corrected chi connectivity index (χ0v) is 15.5. The Hall–Kier alpha value is -1.58. The van der Waals surface area contributed by atoms with Gasteiger partial charge in [0.25, 0.3) is 0 Å². The predicted octanol–water partition coefficient (Wildman–Crippen LogP) is 3.88. The largest absolute Gasteiger partial charge is 0.310 e. The van der Waals surface area contributed by atoms with Crippen molar-refractivity contribution in [3.8, 4) is 0 Å². The van der Waals surface area contributed by atoms with E-state index in [1.165, 1.54) is 16.4 Å². The van der Waals surface area contributed by atoms with Gasteiger partial charge >= 0.3 is 0 Å². The van der Waals surface area contributed by atoms with Gasteiger partial charge in [-0.25, -0.2) is 17.6 Å². The first-order chi connectivity index (χ1) is 12.1. The van der Waals surface area contributed by atoms with Crippen LogP contribution in [-0.2, 0) is 4.79 Å². The van der Waals surface area contributed by atoms with E-state index in [9.17, 15) is 22.4 Å². The van der Waals surface area contributed by atoms with E-state index >= 15 is 0 Å². The number of nitrogens with one attached hydrogen (secondary N) is 1. The van der Waals surface area contributed by atoms with Gasteiger partial charge in [0.2, 0.25) is 17.8 Å². The van der Waals surface area contributed by atoms with Crippen LogP contribution in [-0.4, -0.2) is 46.0 Å². The van der Waals surface area contributed by atoms with E-state index in [0.29, 0.717) is 22.2 Å². The predicted molar refractivity (Wildman–Crippen MR) is 92.5 cm³/mol. The second-order valence-corrected chi connectivity index (χ2v) is 7.67. The summed E-state index contributed by atoms with van der Waals surface area (Å²) in [7, 11) is 1.55. The first-order valence-electron chi connectivity index (χ1n) is 8.24. The molecule has 1 amide bonds. The van der Waals surface area contributed by atoms with Gasteiger partial charge in [-0.1, -0.05) is 11.8 Å². The van der Waals surface area contributed by atoms with Crippen molar-refractivity contribution in [1.29, 1.82) is 0 Å². The Morgan fingerprint density at radius 1 is 1.23 bits per heavy atom. The molecule has 0 atom stereocenters. The molecule has 0 spiro atoms. The van der Waals surface area contributed by atoms with Crippen molar-refractivity contribution in [2.45, 2.75) is 50.4 Å². The Kier molecular flexibility index (Phi) is 4.83. The summed E-state index contributed by atoms with van der Waals surface area (Å²) in [5.41, 5.74) is 1.06. The molecule has 0 aromatic carbocycles. The van der Waals surface area contributed by atoms with Crippen molar-refractivity contribution < 1.29 is 22.4 Å². The first kappa shape index (κ1) is 19.2. The van der Waals surface area contributed by atoms with E-state index < -0.39 is 42.4 Å². The van der Waals surface area contributed by atoms with Crippen molar-refractivity contribution in [2.75, 3.05) is 18.6 Å². The lowest BCUT2D eigenvalue weighted by Crippen LogP contribution is -2.42. The molecular weight excluding hydrogens is 372 g/mol. The van der Waals surface area contributed by atoms with E-state index in [-0.39, 0.29) is 12.8 Å². The quantitative estimate of drug-likeness (QED) is 0.482. The van der Waals surface area contributed by atoms with E-state index in [4.69, 9.17) is 0 Å². The second kappa shape index (κ2) is 6.54. The number of aliphatic imine (C=N–C) groups is 1. The molecule has 1 N–H and O–H groups in total. The summed E-state index contributed by atoms with van der Waals surface area (Å²) < 4.78 is 53.9.